The van der Waals surface area contributed by atoms with Gasteiger partial charge >= 0.3 is 0 Å². The zero-order valence-electron chi connectivity index (χ0n) is 8.25. The van der Waals surface area contributed by atoms with Crippen molar-refractivity contribution in [2.75, 3.05) is 32.8 Å². The predicted molar refractivity (Wildman–Crippen MR) is 52.3 cm³/mol. The van der Waals surface area contributed by atoms with Gasteiger partial charge in [0.05, 0.1) is 13.2 Å². The average Bonchev–Trinajstić information content (AvgIpc) is 2.57. The Morgan fingerprint density at radius 2 is 2.23 bits per heavy atom. The average molecular weight is 179 g/mol. The largest absolute Gasteiger partial charge is 0.381 e. The molecule has 2 atom stereocenters. The molecular weight excluding hydrogens is 162 g/mol. The van der Waals surface area contributed by atoms with Gasteiger partial charge in [0, 0.05) is 19.7 Å². The van der Waals surface area contributed by atoms with Gasteiger partial charge in [-0.1, -0.05) is 5.92 Å². The van der Waals surface area contributed by atoms with Gasteiger partial charge in [-0.25, -0.2) is 0 Å². The van der Waals surface area contributed by atoms with Crippen molar-refractivity contribution in [1.29, 1.82) is 0 Å². The van der Waals surface area contributed by atoms with Crippen molar-refractivity contribution in [3.63, 3.8) is 0 Å². The highest BCUT2D eigenvalue weighted by molar-refractivity contribution is 5.00. The van der Waals surface area contributed by atoms with E-state index >= 15 is 0 Å². The molecule has 0 amide bonds. The zero-order valence-corrected chi connectivity index (χ0v) is 8.25. The predicted octanol–water partition coefficient (Wildman–Crippen LogP) is 0.978. The molecule has 0 bridgehead atoms. The van der Waals surface area contributed by atoms with E-state index in [2.05, 4.69) is 16.7 Å². The van der Waals surface area contributed by atoms with Gasteiger partial charge in [-0.15, -0.1) is 5.92 Å². The van der Waals surface area contributed by atoms with Gasteiger partial charge in [-0.3, -0.25) is 4.90 Å². The Balaban J connectivity index is 1.86. The van der Waals surface area contributed by atoms with Gasteiger partial charge in [0.15, 0.2) is 0 Å². The number of likely N-dealkylation sites (tertiary alicyclic amines) is 1. The van der Waals surface area contributed by atoms with Gasteiger partial charge in [0.1, 0.15) is 0 Å². The zero-order chi connectivity index (χ0) is 9.10. The van der Waals surface area contributed by atoms with Gasteiger partial charge < -0.3 is 4.74 Å². The first-order chi connectivity index (χ1) is 6.40. The summed E-state index contributed by atoms with van der Waals surface area (Å²) < 4.78 is 5.47. The summed E-state index contributed by atoms with van der Waals surface area (Å²) in [7, 11) is 0. The Morgan fingerprint density at radius 1 is 1.38 bits per heavy atom. The molecule has 0 saturated carbocycles. The standard InChI is InChI=1S/C11H17NO/c1-2-3-5-12-7-10-4-6-13-9-11(10)8-12/h10-11H,4-9H2,1H3. The number of rotatable bonds is 1. The summed E-state index contributed by atoms with van der Waals surface area (Å²) in [5.74, 6) is 7.75. The number of hydrogen-bond donors (Lipinski definition) is 0. The maximum atomic E-state index is 5.47. The van der Waals surface area contributed by atoms with Crippen molar-refractivity contribution < 1.29 is 4.74 Å². The van der Waals surface area contributed by atoms with Crippen LogP contribution in [0.3, 0.4) is 0 Å². The van der Waals surface area contributed by atoms with Gasteiger partial charge in [-0.2, -0.15) is 0 Å². The molecule has 0 radical (unpaired) electrons. The second-order valence-electron chi connectivity index (χ2n) is 4.00. The number of nitrogens with zero attached hydrogens (tertiary/aromatic N) is 1. The summed E-state index contributed by atoms with van der Waals surface area (Å²) in [6, 6.07) is 0. The molecule has 0 N–H and O–H groups in total. The Labute approximate surface area is 80.2 Å². The molecule has 0 aromatic carbocycles. The van der Waals surface area contributed by atoms with Crippen LogP contribution in [0.25, 0.3) is 0 Å². The normalized spacial score (nSPS) is 33.6. The molecule has 2 aliphatic rings. The van der Waals surface area contributed by atoms with Gasteiger partial charge in [0.2, 0.25) is 0 Å². The summed E-state index contributed by atoms with van der Waals surface area (Å²) in [6.45, 7) is 7.23. The highest BCUT2D eigenvalue weighted by Gasteiger charge is 2.34. The molecule has 72 valence electrons. The maximum absolute atomic E-state index is 5.47. The lowest BCUT2D eigenvalue weighted by Crippen LogP contribution is -2.25. The summed E-state index contributed by atoms with van der Waals surface area (Å²) in [5.41, 5.74) is 0. The number of hydrogen-bond acceptors (Lipinski definition) is 2. The van der Waals surface area contributed by atoms with E-state index in [-0.39, 0.29) is 0 Å². The van der Waals surface area contributed by atoms with Crippen LogP contribution in [0.5, 0.6) is 0 Å². The van der Waals surface area contributed by atoms with Crippen molar-refractivity contribution in [1.82, 2.24) is 4.90 Å². The fourth-order valence-corrected chi connectivity index (χ4v) is 2.34. The second-order valence-corrected chi connectivity index (χ2v) is 4.00. The molecule has 2 fully saturated rings. The van der Waals surface area contributed by atoms with Crippen LogP contribution in [-0.4, -0.2) is 37.7 Å². The summed E-state index contributed by atoms with van der Waals surface area (Å²) in [4.78, 5) is 2.46. The topological polar surface area (TPSA) is 12.5 Å². The van der Waals surface area contributed by atoms with Gasteiger partial charge in [0.25, 0.3) is 0 Å². The molecule has 13 heavy (non-hydrogen) atoms. The lowest BCUT2D eigenvalue weighted by atomic mass is 9.92. The quantitative estimate of drug-likeness (QED) is 0.556. The number of ether oxygens (including phenoxy) is 1. The van der Waals surface area contributed by atoms with Crippen molar-refractivity contribution in [2.45, 2.75) is 13.3 Å². The first-order valence-corrected chi connectivity index (χ1v) is 5.10. The van der Waals surface area contributed by atoms with Crippen LogP contribution in [-0.2, 0) is 4.74 Å². The fourth-order valence-electron chi connectivity index (χ4n) is 2.34. The molecule has 0 aromatic heterocycles. The van der Waals surface area contributed by atoms with Crippen LogP contribution >= 0.6 is 0 Å². The number of fused-ring (bicyclic) bond motifs is 1. The van der Waals surface area contributed by atoms with Crippen molar-refractivity contribution in [3.8, 4) is 11.8 Å². The Kier molecular flexibility index (Phi) is 2.87. The lowest BCUT2D eigenvalue weighted by molar-refractivity contribution is 0.0370. The third kappa shape index (κ3) is 2.04. The van der Waals surface area contributed by atoms with Crippen LogP contribution in [0.4, 0.5) is 0 Å². The molecule has 0 aliphatic carbocycles. The van der Waals surface area contributed by atoms with Crippen molar-refractivity contribution in [2.24, 2.45) is 11.8 Å². The van der Waals surface area contributed by atoms with E-state index < -0.39 is 0 Å². The summed E-state index contributed by atoms with van der Waals surface area (Å²) in [5, 5.41) is 0. The van der Waals surface area contributed by atoms with Gasteiger partial charge in [-0.05, 0) is 25.2 Å². The molecule has 2 unspecified atom stereocenters. The maximum Gasteiger partial charge on any atom is 0.0601 e. The SMILES string of the molecule is CC#CCN1CC2CCOCC2C1. The van der Waals surface area contributed by atoms with E-state index in [0.29, 0.717) is 0 Å². The first-order valence-electron chi connectivity index (χ1n) is 5.10. The van der Waals surface area contributed by atoms with Crippen molar-refractivity contribution >= 4 is 0 Å². The minimum absolute atomic E-state index is 0.785. The van der Waals surface area contributed by atoms with Crippen molar-refractivity contribution in [3.05, 3.63) is 0 Å². The molecule has 2 rings (SSSR count). The summed E-state index contributed by atoms with van der Waals surface area (Å²) in [6.07, 6.45) is 1.25. The Bertz CT molecular complexity index is 214. The monoisotopic (exact) mass is 179 g/mol. The highest BCUT2D eigenvalue weighted by atomic mass is 16.5. The highest BCUT2D eigenvalue weighted by Crippen LogP contribution is 2.29. The first kappa shape index (κ1) is 9.05. The molecule has 2 heteroatoms. The van der Waals surface area contributed by atoms with E-state index in [9.17, 15) is 0 Å². The van der Waals surface area contributed by atoms with Crippen LogP contribution in [0.15, 0.2) is 0 Å². The fraction of sp³-hybridized carbons (Fsp3) is 0.818. The molecular formula is C11H17NO. The smallest absolute Gasteiger partial charge is 0.0601 e. The Morgan fingerprint density at radius 3 is 3.00 bits per heavy atom. The van der Waals surface area contributed by atoms with Crippen LogP contribution in [0, 0.1) is 23.7 Å². The summed E-state index contributed by atoms with van der Waals surface area (Å²) >= 11 is 0. The molecule has 2 aliphatic heterocycles. The molecule has 2 heterocycles. The van der Waals surface area contributed by atoms with E-state index in [1.807, 2.05) is 6.92 Å². The van der Waals surface area contributed by atoms with Crippen LogP contribution in [0.1, 0.15) is 13.3 Å². The molecule has 2 nitrogen and oxygen atoms in total. The molecule has 0 aromatic rings. The minimum Gasteiger partial charge on any atom is -0.381 e. The Hall–Kier alpha value is -0.520. The lowest BCUT2D eigenvalue weighted by Gasteiger charge is -2.23. The van der Waals surface area contributed by atoms with E-state index in [0.717, 1.165) is 31.6 Å². The molecule has 2 saturated heterocycles. The van der Waals surface area contributed by atoms with E-state index in [1.54, 1.807) is 0 Å². The minimum atomic E-state index is 0.785. The molecule has 0 spiro atoms. The third-order valence-electron chi connectivity index (χ3n) is 3.10. The second kappa shape index (κ2) is 4.13. The van der Waals surface area contributed by atoms with Crippen LogP contribution < -0.4 is 0 Å². The van der Waals surface area contributed by atoms with Crippen LogP contribution in [0.2, 0.25) is 0 Å². The van der Waals surface area contributed by atoms with E-state index in [1.165, 1.54) is 19.5 Å². The van der Waals surface area contributed by atoms with E-state index in [4.69, 9.17) is 4.74 Å². The third-order valence-corrected chi connectivity index (χ3v) is 3.10.